The number of pyridine rings is 7. The molecule has 7 heterocycles. The second-order valence-electron chi connectivity index (χ2n) is 10.8. The number of rotatable bonds is 6. The maximum absolute atomic E-state index is 11.0. The van der Waals surface area contributed by atoms with Crippen molar-refractivity contribution >= 4 is 11.6 Å². The molecule has 0 bridgehead atoms. The van der Waals surface area contributed by atoms with E-state index in [2.05, 4.69) is 34.9 Å². The number of aromatic nitrogens is 7. The molecule has 0 amide bonds. The molecule has 2 N–H and O–H groups in total. The van der Waals surface area contributed by atoms with E-state index in [4.69, 9.17) is 25.8 Å². The Balaban J connectivity index is 0.000000161. The highest BCUT2D eigenvalue weighted by Crippen LogP contribution is 2.20. The molecule has 0 fully saturated rings. The van der Waals surface area contributed by atoms with Crippen LogP contribution in [0, 0.1) is 13.8 Å². The molecule has 0 unspecified atom stereocenters. The van der Waals surface area contributed by atoms with Gasteiger partial charge in [-0.1, -0.05) is 54.1 Å². The Morgan fingerprint density at radius 2 is 0.774 bits per heavy atom. The molecule has 7 aromatic rings. The fraction of sp³-hybridized carbons (Fsp3) is 0.125. The summed E-state index contributed by atoms with van der Waals surface area (Å²) in [4.78, 5) is 48.5. The Hall–Kier alpha value is -6.66. The second kappa shape index (κ2) is 20.3. The molecule has 0 aliphatic rings. The summed E-state index contributed by atoms with van der Waals surface area (Å²) >= 11 is 5.53. The Bertz CT molecular complexity index is 2190. The number of aromatic amines is 2. The first kappa shape index (κ1) is 39.1. The second-order valence-corrected chi connectivity index (χ2v) is 11.2. The van der Waals surface area contributed by atoms with Crippen LogP contribution in [0.1, 0.15) is 11.4 Å². The average Bonchev–Trinajstić information content (AvgIpc) is 3.19. The number of nitrogens with zero attached hydrogens (tertiary/aromatic N) is 5. The Labute approximate surface area is 311 Å². The SMILES string of the molecule is COc1cccc(-c2cccc(OC)n2)n1.COc1cccc(Cl)n1.Cc1cccc(-c2cccc(C)n2)n1.O=c1cccc(-c2cccc(=O)[nH]2)[nH]1. The highest BCUT2D eigenvalue weighted by atomic mass is 35.5. The largest absolute Gasteiger partial charge is 0.481 e. The predicted molar refractivity (Wildman–Crippen MR) is 206 cm³/mol. The van der Waals surface area contributed by atoms with Gasteiger partial charge in [-0.25, -0.2) is 15.0 Å². The molecule has 0 saturated heterocycles. The number of ether oxygens (including phenoxy) is 3. The van der Waals surface area contributed by atoms with E-state index in [-0.39, 0.29) is 11.1 Å². The molecule has 0 saturated carbocycles. The summed E-state index contributed by atoms with van der Waals surface area (Å²) in [5.41, 5.74) is 6.28. The van der Waals surface area contributed by atoms with E-state index in [1.54, 1.807) is 75.9 Å². The number of methoxy groups -OCH3 is 3. The molecule has 0 atom stereocenters. The van der Waals surface area contributed by atoms with Gasteiger partial charge in [0.15, 0.2) is 0 Å². The Morgan fingerprint density at radius 3 is 1.11 bits per heavy atom. The maximum Gasteiger partial charge on any atom is 0.248 e. The van der Waals surface area contributed by atoms with Crippen molar-refractivity contribution in [2.24, 2.45) is 0 Å². The molecule has 12 nitrogen and oxygen atoms in total. The lowest BCUT2D eigenvalue weighted by molar-refractivity contribution is 0.396. The van der Waals surface area contributed by atoms with Crippen molar-refractivity contribution in [2.45, 2.75) is 13.8 Å². The monoisotopic (exact) mass is 731 g/mol. The minimum atomic E-state index is -0.188. The Kier molecular flexibility index (Phi) is 15.0. The zero-order valence-electron chi connectivity index (χ0n) is 29.8. The highest BCUT2D eigenvalue weighted by molar-refractivity contribution is 6.29. The van der Waals surface area contributed by atoms with Gasteiger partial charge in [0.05, 0.1) is 55.5 Å². The summed E-state index contributed by atoms with van der Waals surface area (Å²) < 4.78 is 14.9. The normalized spacial score (nSPS) is 9.85. The molecular weight excluding hydrogens is 694 g/mol. The van der Waals surface area contributed by atoms with E-state index in [9.17, 15) is 9.59 Å². The minimum absolute atomic E-state index is 0.188. The van der Waals surface area contributed by atoms with E-state index in [1.165, 1.54) is 12.1 Å². The first-order chi connectivity index (χ1) is 25.7. The van der Waals surface area contributed by atoms with Crippen molar-refractivity contribution in [3.8, 4) is 51.8 Å². The van der Waals surface area contributed by atoms with Crippen molar-refractivity contribution < 1.29 is 14.2 Å². The van der Waals surface area contributed by atoms with Crippen LogP contribution < -0.4 is 25.3 Å². The van der Waals surface area contributed by atoms with E-state index < -0.39 is 0 Å². The smallest absolute Gasteiger partial charge is 0.248 e. The van der Waals surface area contributed by atoms with Crippen LogP contribution in [-0.4, -0.2) is 56.2 Å². The first-order valence-corrected chi connectivity index (χ1v) is 16.5. The highest BCUT2D eigenvalue weighted by Gasteiger charge is 2.04. The molecule has 0 spiro atoms. The van der Waals surface area contributed by atoms with Crippen LogP contribution in [0.2, 0.25) is 5.15 Å². The maximum atomic E-state index is 11.0. The minimum Gasteiger partial charge on any atom is -0.481 e. The number of hydrogen-bond donors (Lipinski definition) is 2. The average molecular weight is 732 g/mol. The summed E-state index contributed by atoms with van der Waals surface area (Å²) in [6.07, 6.45) is 0. The number of H-pyrrole nitrogens is 2. The lowest BCUT2D eigenvalue weighted by Crippen LogP contribution is -2.08. The number of nitrogens with one attached hydrogen (secondary N) is 2. The van der Waals surface area contributed by atoms with Crippen LogP contribution in [-0.2, 0) is 0 Å². The Morgan fingerprint density at radius 1 is 0.434 bits per heavy atom. The van der Waals surface area contributed by atoms with Crippen LogP contribution >= 0.6 is 11.6 Å². The van der Waals surface area contributed by atoms with Crippen molar-refractivity contribution in [1.29, 1.82) is 0 Å². The third kappa shape index (κ3) is 12.9. The van der Waals surface area contributed by atoms with Gasteiger partial charge in [-0.3, -0.25) is 19.6 Å². The van der Waals surface area contributed by atoms with Gasteiger partial charge >= 0.3 is 0 Å². The zero-order valence-corrected chi connectivity index (χ0v) is 30.5. The molecule has 7 rings (SSSR count). The summed E-state index contributed by atoms with van der Waals surface area (Å²) in [7, 11) is 4.73. The number of hydrogen-bond acceptors (Lipinski definition) is 10. The van der Waals surface area contributed by atoms with Gasteiger partial charge in [-0.2, -0.15) is 0 Å². The van der Waals surface area contributed by atoms with Gasteiger partial charge in [0.1, 0.15) is 5.15 Å². The summed E-state index contributed by atoms with van der Waals surface area (Å²) in [5, 5.41) is 0.453. The topological polar surface area (TPSA) is 158 Å². The van der Waals surface area contributed by atoms with Crippen molar-refractivity contribution in [2.75, 3.05) is 21.3 Å². The zero-order chi connectivity index (χ0) is 38.0. The van der Waals surface area contributed by atoms with Crippen LogP contribution in [0.4, 0.5) is 0 Å². The fourth-order valence-corrected chi connectivity index (χ4v) is 4.58. The van der Waals surface area contributed by atoms with Crippen molar-refractivity contribution in [3.63, 3.8) is 0 Å². The quantitative estimate of drug-likeness (QED) is 0.165. The van der Waals surface area contributed by atoms with Gasteiger partial charge in [0.2, 0.25) is 28.8 Å². The third-order valence-corrected chi connectivity index (χ3v) is 7.10. The first-order valence-electron chi connectivity index (χ1n) is 16.1. The van der Waals surface area contributed by atoms with E-state index in [0.717, 1.165) is 34.2 Å². The van der Waals surface area contributed by atoms with Gasteiger partial charge in [0.25, 0.3) is 0 Å². The molecule has 0 radical (unpaired) electrons. The molecule has 53 heavy (non-hydrogen) atoms. The van der Waals surface area contributed by atoms with E-state index in [1.807, 2.05) is 74.5 Å². The van der Waals surface area contributed by atoms with Crippen LogP contribution in [0.3, 0.4) is 0 Å². The third-order valence-electron chi connectivity index (χ3n) is 6.89. The van der Waals surface area contributed by atoms with E-state index in [0.29, 0.717) is 34.2 Å². The molecule has 13 heteroatoms. The van der Waals surface area contributed by atoms with Gasteiger partial charge in [0, 0.05) is 41.7 Å². The molecule has 7 aromatic heterocycles. The lowest BCUT2D eigenvalue weighted by atomic mass is 10.2. The predicted octanol–water partition coefficient (Wildman–Crippen LogP) is 7.40. The van der Waals surface area contributed by atoms with Crippen molar-refractivity contribution in [1.82, 2.24) is 34.9 Å². The molecule has 0 aliphatic carbocycles. The van der Waals surface area contributed by atoms with Crippen LogP contribution in [0.15, 0.2) is 137 Å². The standard InChI is InChI=1S/C12H12N2O2.C12H12N2.C10H8N2O2.C6H6ClNO/c1-15-11-7-3-5-9(13-11)10-6-4-8-12(14-10)16-2;1-9-5-3-7-11(13-9)12-8-4-6-10(2)14-12;13-9-5-1-3-7(11-9)8-4-2-6-10(14)12-8;1-9-6-4-2-3-5(7)8-6/h3-8H,1-2H3;3-8H,1-2H3;1-6H,(H,11,13)(H,12,14);2-4H,1H3. The molecule has 270 valence electrons. The summed E-state index contributed by atoms with van der Waals surface area (Å²) in [6.45, 7) is 3.97. The van der Waals surface area contributed by atoms with Crippen molar-refractivity contribution in [3.05, 3.63) is 165 Å². The summed E-state index contributed by atoms with van der Waals surface area (Å²) in [5.74, 6) is 1.69. The number of halogens is 1. The van der Waals surface area contributed by atoms with Crippen LogP contribution in [0.25, 0.3) is 34.2 Å². The summed E-state index contributed by atoms with van der Waals surface area (Å²) in [6, 6.07) is 37.8. The molecule has 0 aromatic carbocycles. The number of aryl methyl sites for hydroxylation is 2. The fourth-order valence-electron chi connectivity index (χ4n) is 4.43. The lowest BCUT2D eigenvalue weighted by Gasteiger charge is -2.04. The van der Waals surface area contributed by atoms with Crippen LogP contribution in [0.5, 0.6) is 17.6 Å². The molecular formula is C40H38ClN7O5. The van der Waals surface area contributed by atoms with E-state index >= 15 is 0 Å². The molecule has 0 aliphatic heterocycles. The van der Waals surface area contributed by atoms with Gasteiger partial charge < -0.3 is 24.2 Å². The van der Waals surface area contributed by atoms with Gasteiger partial charge in [-0.15, -0.1) is 0 Å². The van der Waals surface area contributed by atoms with Gasteiger partial charge in [-0.05, 0) is 68.4 Å².